The van der Waals surface area contributed by atoms with Gasteiger partial charge in [-0.05, 0) is 75.8 Å². The van der Waals surface area contributed by atoms with Gasteiger partial charge >= 0.3 is 0 Å². The Kier molecular flexibility index (Phi) is 10.3. The van der Waals surface area contributed by atoms with E-state index < -0.39 is 15.8 Å². The number of benzene rings is 1. The van der Waals surface area contributed by atoms with E-state index in [4.69, 9.17) is 4.42 Å². The van der Waals surface area contributed by atoms with Crippen molar-refractivity contribution in [2.75, 3.05) is 26.2 Å². The first-order valence-corrected chi connectivity index (χ1v) is 12.5. The summed E-state index contributed by atoms with van der Waals surface area (Å²) in [5.74, 6) is -0.268. The van der Waals surface area contributed by atoms with Crippen molar-refractivity contribution in [3.05, 3.63) is 54.2 Å². The van der Waals surface area contributed by atoms with Crippen molar-refractivity contribution in [3.8, 4) is 0 Å². The van der Waals surface area contributed by atoms with Crippen LogP contribution in [0.2, 0.25) is 0 Å². The number of nitrogens with zero attached hydrogens (tertiary/aromatic N) is 2. The monoisotopic (exact) mass is 467 g/mol. The molecule has 32 heavy (non-hydrogen) atoms. The molecule has 1 aromatic carbocycles. The minimum atomic E-state index is -3.93. The van der Waals surface area contributed by atoms with Crippen molar-refractivity contribution in [1.29, 1.82) is 0 Å². The molecule has 7 nitrogen and oxygen atoms in total. The second-order valence-corrected chi connectivity index (χ2v) is 9.70. The molecule has 1 atom stereocenters. The van der Waals surface area contributed by atoms with Crippen LogP contribution < -0.4 is 5.32 Å². The standard InChI is InChI=1S/C23H34FN3O4S/c1-4-26(5-2)15-6-8-19(3)25-23(28)14-16-27(18-21-9-7-17-31-21)32(29,30)22-12-10-20(24)11-13-22/h7,9-13,17,19H,4-6,8,14-16,18H2,1-3H3,(H,25,28). The number of carbonyl (C=O) groups excluding carboxylic acids is 1. The third-order valence-corrected chi connectivity index (χ3v) is 7.22. The van der Waals surface area contributed by atoms with Gasteiger partial charge in [-0.2, -0.15) is 4.31 Å². The van der Waals surface area contributed by atoms with Crippen molar-refractivity contribution in [3.63, 3.8) is 0 Å². The molecule has 0 aliphatic rings. The van der Waals surface area contributed by atoms with E-state index in [1.54, 1.807) is 12.1 Å². The van der Waals surface area contributed by atoms with Crippen LogP contribution in [0.1, 0.15) is 45.8 Å². The molecule has 0 saturated carbocycles. The van der Waals surface area contributed by atoms with Gasteiger partial charge in [-0.15, -0.1) is 0 Å². The number of nitrogens with one attached hydrogen (secondary N) is 1. The molecule has 1 heterocycles. The molecule has 0 saturated heterocycles. The molecule has 2 aromatic rings. The van der Waals surface area contributed by atoms with Gasteiger partial charge in [0, 0.05) is 19.0 Å². The molecule has 178 valence electrons. The second kappa shape index (κ2) is 12.7. The highest BCUT2D eigenvalue weighted by molar-refractivity contribution is 7.89. The van der Waals surface area contributed by atoms with Crippen molar-refractivity contribution in [2.45, 2.75) is 57.5 Å². The number of hydrogen-bond donors (Lipinski definition) is 1. The van der Waals surface area contributed by atoms with E-state index in [0.717, 1.165) is 44.6 Å². The minimum absolute atomic E-state index is 0.00490. The van der Waals surface area contributed by atoms with Gasteiger partial charge < -0.3 is 14.6 Å². The first kappa shape index (κ1) is 26.0. The predicted octanol–water partition coefficient (Wildman–Crippen LogP) is 3.63. The zero-order valence-corrected chi connectivity index (χ0v) is 19.9. The van der Waals surface area contributed by atoms with E-state index >= 15 is 0 Å². The van der Waals surface area contributed by atoms with E-state index in [-0.39, 0.29) is 36.4 Å². The molecule has 0 aliphatic heterocycles. The number of halogens is 1. The van der Waals surface area contributed by atoms with Gasteiger partial charge in [0.1, 0.15) is 11.6 Å². The quantitative estimate of drug-likeness (QED) is 0.459. The Hall–Kier alpha value is -2.23. The molecule has 0 aliphatic carbocycles. The van der Waals surface area contributed by atoms with Gasteiger partial charge in [0.05, 0.1) is 17.7 Å². The summed E-state index contributed by atoms with van der Waals surface area (Å²) in [5.41, 5.74) is 0. The van der Waals surface area contributed by atoms with Crippen LogP contribution in [0.5, 0.6) is 0 Å². The summed E-state index contributed by atoms with van der Waals surface area (Å²) < 4.78 is 45.9. The number of rotatable bonds is 14. The molecule has 1 amide bonds. The van der Waals surface area contributed by atoms with Gasteiger partial charge in [0.25, 0.3) is 0 Å². The summed E-state index contributed by atoms with van der Waals surface area (Å²) in [7, 11) is -3.93. The zero-order valence-electron chi connectivity index (χ0n) is 19.1. The minimum Gasteiger partial charge on any atom is -0.468 e. The van der Waals surface area contributed by atoms with Crippen LogP contribution in [-0.2, 0) is 21.4 Å². The van der Waals surface area contributed by atoms with Gasteiger partial charge in [-0.1, -0.05) is 13.8 Å². The predicted molar refractivity (Wildman–Crippen MR) is 122 cm³/mol. The van der Waals surface area contributed by atoms with Crippen LogP contribution >= 0.6 is 0 Å². The lowest BCUT2D eigenvalue weighted by molar-refractivity contribution is -0.121. The van der Waals surface area contributed by atoms with Gasteiger partial charge in [-0.3, -0.25) is 4.79 Å². The molecule has 1 aromatic heterocycles. The molecule has 9 heteroatoms. The maximum absolute atomic E-state index is 13.3. The van der Waals surface area contributed by atoms with Crippen LogP contribution in [0, 0.1) is 5.82 Å². The Bertz CT molecular complexity index is 913. The molecular weight excluding hydrogens is 433 g/mol. The Morgan fingerprint density at radius 3 is 2.41 bits per heavy atom. The molecule has 0 radical (unpaired) electrons. The fourth-order valence-corrected chi connectivity index (χ4v) is 4.83. The third kappa shape index (κ3) is 8.03. The SMILES string of the molecule is CCN(CC)CCCC(C)NC(=O)CCN(Cc1ccco1)S(=O)(=O)c1ccc(F)cc1. The molecule has 1 unspecified atom stereocenters. The van der Waals surface area contributed by atoms with Crippen molar-refractivity contribution in [2.24, 2.45) is 0 Å². The Balaban J connectivity index is 1.96. The summed E-state index contributed by atoms with van der Waals surface area (Å²) >= 11 is 0. The normalized spacial score (nSPS) is 12.9. The summed E-state index contributed by atoms with van der Waals surface area (Å²) in [5, 5.41) is 2.95. The molecular formula is C23H34FN3O4S. The number of furan rings is 1. The second-order valence-electron chi connectivity index (χ2n) is 7.76. The van der Waals surface area contributed by atoms with Crippen molar-refractivity contribution in [1.82, 2.24) is 14.5 Å². The highest BCUT2D eigenvalue weighted by Gasteiger charge is 2.26. The fraction of sp³-hybridized carbons (Fsp3) is 0.522. The first-order chi connectivity index (χ1) is 15.3. The highest BCUT2D eigenvalue weighted by atomic mass is 32.2. The lowest BCUT2D eigenvalue weighted by Crippen LogP contribution is -2.38. The van der Waals surface area contributed by atoms with Gasteiger partial charge in [-0.25, -0.2) is 12.8 Å². The van der Waals surface area contributed by atoms with E-state index in [9.17, 15) is 17.6 Å². The van der Waals surface area contributed by atoms with Crippen molar-refractivity contribution < 1.29 is 22.0 Å². The fourth-order valence-electron chi connectivity index (χ4n) is 3.42. The topological polar surface area (TPSA) is 82.9 Å². The molecule has 1 N–H and O–H groups in total. The summed E-state index contributed by atoms with van der Waals surface area (Å²) in [4.78, 5) is 14.8. The van der Waals surface area contributed by atoms with Crippen LogP contribution in [0.4, 0.5) is 4.39 Å². The van der Waals surface area contributed by atoms with Gasteiger partial charge in [0.2, 0.25) is 15.9 Å². The average Bonchev–Trinajstić information content (AvgIpc) is 3.27. The van der Waals surface area contributed by atoms with Gasteiger partial charge in [0.15, 0.2) is 0 Å². The first-order valence-electron chi connectivity index (χ1n) is 11.1. The van der Waals surface area contributed by atoms with E-state index in [1.165, 1.54) is 22.7 Å². The van der Waals surface area contributed by atoms with Crippen LogP contribution in [0.25, 0.3) is 0 Å². The molecule has 0 fully saturated rings. The lowest BCUT2D eigenvalue weighted by atomic mass is 10.1. The lowest BCUT2D eigenvalue weighted by Gasteiger charge is -2.22. The maximum Gasteiger partial charge on any atom is 0.243 e. The molecule has 0 bridgehead atoms. The number of amides is 1. The van der Waals surface area contributed by atoms with Crippen LogP contribution in [0.3, 0.4) is 0 Å². The molecule has 2 rings (SSSR count). The van der Waals surface area contributed by atoms with E-state index in [1.807, 2.05) is 6.92 Å². The Morgan fingerprint density at radius 1 is 1.12 bits per heavy atom. The Labute approximate surface area is 190 Å². The maximum atomic E-state index is 13.3. The zero-order chi connectivity index (χ0) is 23.6. The summed E-state index contributed by atoms with van der Waals surface area (Å²) in [6.07, 6.45) is 3.31. The van der Waals surface area contributed by atoms with E-state index in [2.05, 4.69) is 24.1 Å². The van der Waals surface area contributed by atoms with Crippen molar-refractivity contribution >= 4 is 15.9 Å². The van der Waals surface area contributed by atoms with E-state index in [0.29, 0.717) is 5.76 Å². The summed E-state index contributed by atoms with van der Waals surface area (Å²) in [6.45, 7) is 9.18. The average molecular weight is 468 g/mol. The van der Waals surface area contributed by atoms with Crippen LogP contribution in [0.15, 0.2) is 52.0 Å². The number of carbonyl (C=O) groups is 1. The largest absolute Gasteiger partial charge is 0.468 e. The highest BCUT2D eigenvalue weighted by Crippen LogP contribution is 2.19. The molecule has 0 spiro atoms. The number of hydrogen-bond acceptors (Lipinski definition) is 5. The summed E-state index contributed by atoms with van der Waals surface area (Å²) in [6, 6.07) is 7.99. The Morgan fingerprint density at radius 2 is 1.81 bits per heavy atom. The number of sulfonamides is 1. The van der Waals surface area contributed by atoms with Crippen LogP contribution in [-0.4, -0.2) is 55.8 Å². The third-order valence-electron chi connectivity index (χ3n) is 5.37. The smallest absolute Gasteiger partial charge is 0.243 e.